The number of aryl methyl sites for hydroxylation is 2. The van der Waals surface area contributed by atoms with E-state index in [2.05, 4.69) is 16.8 Å². The molecule has 0 saturated heterocycles. The molecule has 4 nitrogen and oxygen atoms in total. The highest BCUT2D eigenvalue weighted by atomic mass is 32.1. The number of nitrogens with one attached hydrogen (secondary N) is 1. The van der Waals surface area contributed by atoms with Gasteiger partial charge in [0.2, 0.25) is 0 Å². The summed E-state index contributed by atoms with van der Waals surface area (Å²) in [7, 11) is 1.99. The molecule has 0 aliphatic carbocycles. The summed E-state index contributed by atoms with van der Waals surface area (Å²) in [5.74, 6) is 0.222. The normalized spacial score (nSPS) is 12.5. The predicted octanol–water partition coefficient (Wildman–Crippen LogP) is 1.91. The zero-order chi connectivity index (χ0) is 11.6. The summed E-state index contributed by atoms with van der Waals surface area (Å²) in [5, 5.41) is 8.26. The Morgan fingerprint density at radius 3 is 2.60 bits per heavy atom. The van der Waals surface area contributed by atoms with Crippen molar-refractivity contribution in [3.63, 3.8) is 0 Å². The van der Waals surface area contributed by atoms with E-state index >= 15 is 0 Å². The van der Waals surface area contributed by atoms with Crippen molar-refractivity contribution in [3.05, 3.63) is 10.6 Å². The zero-order valence-corrected chi connectivity index (χ0v) is 10.5. The second kappa shape index (κ2) is 4.61. The first-order valence-electron chi connectivity index (χ1n) is 4.91. The van der Waals surface area contributed by atoms with Crippen LogP contribution in [0.5, 0.6) is 0 Å². The molecular weight excluding hydrogens is 208 g/mol. The maximum absolute atomic E-state index is 7.26. The van der Waals surface area contributed by atoms with E-state index in [9.17, 15) is 0 Å². The van der Waals surface area contributed by atoms with Crippen LogP contribution in [0, 0.1) is 19.3 Å². The van der Waals surface area contributed by atoms with Crippen molar-refractivity contribution in [2.45, 2.75) is 33.2 Å². The van der Waals surface area contributed by atoms with Gasteiger partial charge in [-0.05, 0) is 20.8 Å². The van der Waals surface area contributed by atoms with Gasteiger partial charge < -0.3 is 10.6 Å². The van der Waals surface area contributed by atoms with Crippen LogP contribution in [0.15, 0.2) is 0 Å². The van der Waals surface area contributed by atoms with Gasteiger partial charge in [0.05, 0.1) is 11.5 Å². The maximum Gasteiger partial charge on any atom is 0.185 e. The fraction of sp³-hybridized carbons (Fsp3) is 0.600. The second-order valence-corrected chi connectivity index (χ2v) is 5.01. The second-order valence-electron chi connectivity index (χ2n) is 3.83. The van der Waals surface area contributed by atoms with E-state index in [4.69, 9.17) is 11.1 Å². The van der Waals surface area contributed by atoms with Crippen LogP contribution in [-0.4, -0.2) is 23.9 Å². The Kier molecular flexibility index (Phi) is 3.68. The SMILES string of the molecule is Cc1nc(N(C)C(C)CC(=N)N)sc1C. The number of amidine groups is 1. The largest absolute Gasteiger partial charge is 0.388 e. The molecule has 0 saturated carbocycles. The number of hydrogen-bond acceptors (Lipinski definition) is 4. The summed E-state index contributed by atoms with van der Waals surface area (Å²) in [6, 6.07) is 0.215. The monoisotopic (exact) mass is 226 g/mol. The zero-order valence-electron chi connectivity index (χ0n) is 9.66. The van der Waals surface area contributed by atoms with E-state index in [0.29, 0.717) is 6.42 Å². The number of nitrogens with zero attached hydrogens (tertiary/aromatic N) is 2. The first kappa shape index (κ1) is 12.0. The van der Waals surface area contributed by atoms with Crippen LogP contribution in [0.25, 0.3) is 0 Å². The summed E-state index contributed by atoms with van der Waals surface area (Å²) < 4.78 is 0. The minimum absolute atomic E-state index is 0.215. The fourth-order valence-electron chi connectivity index (χ4n) is 1.25. The van der Waals surface area contributed by atoms with Crippen LogP contribution in [0.2, 0.25) is 0 Å². The van der Waals surface area contributed by atoms with Gasteiger partial charge >= 0.3 is 0 Å². The molecule has 0 aliphatic heterocycles. The van der Waals surface area contributed by atoms with E-state index in [1.165, 1.54) is 4.88 Å². The van der Waals surface area contributed by atoms with E-state index in [1.807, 2.05) is 20.9 Å². The van der Waals surface area contributed by atoms with E-state index < -0.39 is 0 Å². The third-order valence-corrected chi connectivity index (χ3v) is 3.66. The Bertz CT molecular complexity index is 339. The molecule has 1 heterocycles. The number of aromatic nitrogens is 1. The van der Waals surface area contributed by atoms with Crippen LogP contribution >= 0.6 is 11.3 Å². The Labute approximate surface area is 94.6 Å². The third-order valence-electron chi connectivity index (χ3n) is 2.50. The van der Waals surface area contributed by atoms with Crippen LogP contribution in [0.1, 0.15) is 23.9 Å². The average molecular weight is 226 g/mol. The molecule has 1 atom stereocenters. The first-order valence-corrected chi connectivity index (χ1v) is 5.73. The quantitative estimate of drug-likeness (QED) is 0.609. The van der Waals surface area contributed by atoms with Crippen LogP contribution in [-0.2, 0) is 0 Å². The van der Waals surface area contributed by atoms with Crippen molar-refractivity contribution in [3.8, 4) is 0 Å². The average Bonchev–Trinajstić information content (AvgIpc) is 2.44. The summed E-state index contributed by atoms with van der Waals surface area (Å²) >= 11 is 1.68. The highest BCUT2D eigenvalue weighted by Gasteiger charge is 2.15. The standard InChI is InChI=1S/C10H18N4S/c1-6(5-9(11)12)14(4)10-13-7(2)8(3)15-10/h6H,5H2,1-4H3,(H3,11,12). The molecule has 84 valence electrons. The van der Waals surface area contributed by atoms with Gasteiger partial charge in [-0.2, -0.15) is 0 Å². The lowest BCUT2D eigenvalue weighted by molar-refractivity contribution is 0.706. The molecule has 0 spiro atoms. The summed E-state index contributed by atoms with van der Waals surface area (Å²) in [6.45, 7) is 6.13. The Balaban J connectivity index is 2.75. The molecule has 0 radical (unpaired) electrons. The number of anilines is 1. The van der Waals surface area contributed by atoms with Crippen LogP contribution < -0.4 is 10.6 Å². The Morgan fingerprint density at radius 2 is 2.20 bits per heavy atom. The van der Waals surface area contributed by atoms with Gasteiger partial charge in [0.25, 0.3) is 0 Å². The Morgan fingerprint density at radius 1 is 1.60 bits per heavy atom. The predicted molar refractivity (Wildman–Crippen MR) is 66.0 cm³/mol. The molecule has 1 rings (SSSR count). The van der Waals surface area contributed by atoms with Gasteiger partial charge in [-0.15, -0.1) is 11.3 Å². The molecule has 0 amide bonds. The number of thiazole rings is 1. The van der Waals surface area contributed by atoms with Gasteiger partial charge in [0.15, 0.2) is 5.13 Å². The highest BCUT2D eigenvalue weighted by Crippen LogP contribution is 2.25. The molecule has 15 heavy (non-hydrogen) atoms. The van der Waals surface area contributed by atoms with Gasteiger partial charge in [-0.25, -0.2) is 4.98 Å². The molecule has 0 aromatic carbocycles. The lowest BCUT2D eigenvalue weighted by Crippen LogP contribution is -2.32. The third kappa shape index (κ3) is 2.92. The van der Waals surface area contributed by atoms with Crippen LogP contribution in [0.3, 0.4) is 0 Å². The van der Waals surface area contributed by atoms with Crippen LogP contribution in [0.4, 0.5) is 5.13 Å². The molecule has 5 heteroatoms. The van der Waals surface area contributed by atoms with E-state index in [-0.39, 0.29) is 11.9 Å². The topological polar surface area (TPSA) is 66.0 Å². The molecule has 1 aromatic rings. The van der Waals surface area contributed by atoms with E-state index in [0.717, 1.165) is 10.8 Å². The Hall–Kier alpha value is -1.10. The van der Waals surface area contributed by atoms with Gasteiger partial charge in [0, 0.05) is 24.4 Å². The van der Waals surface area contributed by atoms with Crippen molar-refractivity contribution in [2.24, 2.45) is 5.73 Å². The smallest absolute Gasteiger partial charge is 0.185 e. The molecule has 0 fully saturated rings. The minimum atomic E-state index is 0.215. The molecule has 0 aliphatic rings. The molecule has 0 bridgehead atoms. The number of rotatable bonds is 4. The highest BCUT2D eigenvalue weighted by molar-refractivity contribution is 7.15. The van der Waals surface area contributed by atoms with Crippen molar-refractivity contribution < 1.29 is 0 Å². The maximum atomic E-state index is 7.26. The summed E-state index contributed by atoms with van der Waals surface area (Å²) in [6.07, 6.45) is 0.578. The van der Waals surface area contributed by atoms with Crippen molar-refractivity contribution in [1.29, 1.82) is 5.41 Å². The van der Waals surface area contributed by atoms with Crippen molar-refractivity contribution >= 4 is 22.3 Å². The van der Waals surface area contributed by atoms with Gasteiger partial charge in [-0.1, -0.05) is 0 Å². The van der Waals surface area contributed by atoms with Crippen molar-refractivity contribution in [2.75, 3.05) is 11.9 Å². The first-order chi connectivity index (χ1) is 6.91. The number of nitrogens with two attached hydrogens (primary N) is 1. The molecule has 1 unspecified atom stereocenters. The summed E-state index contributed by atoms with van der Waals surface area (Å²) in [4.78, 5) is 7.79. The van der Waals surface area contributed by atoms with Gasteiger partial charge in [-0.3, -0.25) is 5.41 Å². The lowest BCUT2D eigenvalue weighted by atomic mass is 10.2. The molecule has 1 aromatic heterocycles. The van der Waals surface area contributed by atoms with Crippen molar-refractivity contribution in [1.82, 2.24) is 4.98 Å². The lowest BCUT2D eigenvalue weighted by Gasteiger charge is -2.23. The minimum Gasteiger partial charge on any atom is -0.388 e. The van der Waals surface area contributed by atoms with E-state index in [1.54, 1.807) is 11.3 Å². The molecule has 3 N–H and O–H groups in total. The van der Waals surface area contributed by atoms with Gasteiger partial charge in [0.1, 0.15) is 0 Å². The summed E-state index contributed by atoms with van der Waals surface area (Å²) in [5.41, 5.74) is 6.46. The number of hydrogen-bond donors (Lipinski definition) is 2. The fourth-order valence-corrected chi connectivity index (χ4v) is 2.22. The molecular formula is C10H18N4S.